The van der Waals surface area contributed by atoms with E-state index in [-0.39, 0.29) is 17.8 Å². The Kier molecular flexibility index (Phi) is 4.96. The Bertz CT molecular complexity index is 398. The van der Waals surface area contributed by atoms with Crippen LogP contribution >= 0.6 is 11.6 Å². The number of carbonyl (C=O) groups excluding carboxylic acids is 1. The zero-order chi connectivity index (χ0) is 12.8. The average molecular weight is 260 g/mol. The second-order valence-corrected chi connectivity index (χ2v) is 3.58. The highest BCUT2D eigenvalue weighted by molar-refractivity contribution is 6.16. The first-order valence-corrected chi connectivity index (χ1v) is 5.56. The Hall–Kier alpha value is -1.56. The summed E-state index contributed by atoms with van der Waals surface area (Å²) in [7, 11) is 3.16. The molecule has 6 nitrogen and oxygen atoms in total. The number of hydrogen-bond donors (Lipinski definition) is 0. The lowest BCUT2D eigenvalue weighted by Crippen LogP contribution is -2.25. The zero-order valence-electron chi connectivity index (χ0n) is 9.94. The van der Waals surface area contributed by atoms with E-state index in [1.165, 1.54) is 11.0 Å². The number of rotatable bonds is 4. The van der Waals surface area contributed by atoms with Crippen molar-refractivity contribution in [2.45, 2.75) is 12.8 Å². The summed E-state index contributed by atoms with van der Waals surface area (Å²) in [5.41, 5.74) is 0.534. The van der Waals surface area contributed by atoms with Crippen molar-refractivity contribution in [1.82, 2.24) is 14.9 Å². The number of amides is 1. The largest absolute Gasteiger partial charge is 0.464 e. The summed E-state index contributed by atoms with van der Waals surface area (Å²) < 4.78 is 10.1. The molecule has 0 aliphatic carbocycles. The second kappa shape index (κ2) is 6.24. The number of alkyl halides is 1. The summed E-state index contributed by atoms with van der Waals surface area (Å²) in [5.74, 6) is 0.313. The smallest absolute Gasteiger partial charge is 0.416 e. The van der Waals surface area contributed by atoms with E-state index in [1.54, 1.807) is 14.1 Å². The first-order valence-electron chi connectivity index (χ1n) is 5.02. The molecule has 1 amide bonds. The Balaban J connectivity index is 2.90. The van der Waals surface area contributed by atoms with E-state index in [0.717, 1.165) is 0 Å². The molecule has 94 valence electrons. The van der Waals surface area contributed by atoms with Crippen molar-refractivity contribution in [2.24, 2.45) is 0 Å². The van der Waals surface area contributed by atoms with E-state index < -0.39 is 6.09 Å². The molecule has 0 atom stereocenters. The van der Waals surface area contributed by atoms with Crippen LogP contribution in [0, 0.1) is 0 Å². The molecule has 0 aliphatic rings. The summed E-state index contributed by atoms with van der Waals surface area (Å²) in [6, 6.07) is 1.64. The minimum Gasteiger partial charge on any atom is -0.464 e. The van der Waals surface area contributed by atoms with E-state index in [9.17, 15) is 4.79 Å². The molecule has 0 unspecified atom stereocenters. The molecule has 0 saturated carbocycles. The van der Waals surface area contributed by atoms with Crippen LogP contribution < -0.4 is 9.47 Å². The van der Waals surface area contributed by atoms with Gasteiger partial charge in [0.15, 0.2) is 0 Å². The number of ether oxygens (including phenoxy) is 2. The predicted molar refractivity (Wildman–Crippen MR) is 62.5 cm³/mol. The van der Waals surface area contributed by atoms with Crippen LogP contribution in [0.5, 0.6) is 11.9 Å². The van der Waals surface area contributed by atoms with Gasteiger partial charge >= 0.3 is 12.1 Å². The van der Waals surface area contributed by atoms with Crippen LogP contribution in [-0.4, -0.2) is 41.7 Å². The molecule has 0 aliphatic heterocycles. The maximum Gasteiger partial charge on any atom is 0.416 e. The van der Waals surface area contributed by atoms with Crippen LogP contribution in [0.3, 0.4) is 0 Å². The first kappa shape index (κ1) is 13.5. The van der Waals surface area contributed by atoms with Crippen LogP contribution in [0.4, 0.5) is 4.79 Å². The lowest BCUT2D eigenvalue weighted by molar-refractivity contribution is 0.169. The molecular weight excluding hydrogens is 246 g/mol. The molecule has 0 bridgehead atoms. The van der Waals surface area contributed by atoms with Crippen LogP contribution in [-0.2, 0) is 5.88 Å². The van der Waals surface area contributed by atoms with E-state index in [1.807, 2.05) is 6.92 Å². The number of carbonyl (C=O) groups is 1. The van der Waals surface area contributed by atoms with Gasteiger partial charge in [0.25, 0.3) is 0 Å². The number of aromatic nitrogens is 2. The van der Waals surface area contributed by atoms with Crippen molar-refractivity contribution in [3.63, 3.8) is 0 Å². The normalized spacial score (nSPS) is 9.88. The van der Waals surface area contributed by atoms with Crippen LogP contribution in [0.1, 0.15) is 12.6 Å². The average Bonchev–Trinajstić information content (AvgIpc) is 2.28. The van der Waals surface area contributed by atoms with Gasteiger partial charge < -0.3 is 14.4 Å². The van der Waals surface area contributed by atoms with Crippen LogP contribution in [0.25, 0.3) is 0 Å². The third-order valence-corrected chi connectivity index (χ3v) is 1.98. The molecular formula is C10H14ClN3O3. The van der Waals surface area contributed by atoms with Gasteiger partial charge in [0.2, 0.25) is 5.88 Å². The maximum atomic E-state index is 11.4. The summed E-state index contributed by atoms with van der Waals surface area (Å²) in [6.45, 7) is 2.23. The SMILES string of the molecule is CCOc1nc(CCl)cc(OC(=O)N(C)C)n1. The highest BCUT2D eigenvalue weighted by Crippen LogP contribution is 2.16. The van der Waals surface area contributed by atoms with E-state index in [4.69, 9.17) is 21.1 Å². The summed E-state index contributed by atoms with van der Waals surface area (Å²) in [6.07, 6.45) is -0.522. The molecule has 1 rings (SSSR count). The molecule has 0 N–H and O–H groups in total. The fourth-order valence-corrected chi connectivity index (χ4v) is 1.08. The summed E-state index contributed by atoms with van der Waals surface area (Å²) >= 11 is 5.67. The number of halogens is 1. The fourth-order valence-electron chi connectivity index (χ4n) is 0.944. The molecule has 17 heavy (non-hydrogen) atoms. The summed E-state index contributed by atoms with van der Waals surface area (Å²) in [4.78, 5) is 20.6. The maximum absolute atomic E-state index is 11.4. The third-order valence-electron chi connectivity index (χ3n) is 1.70. The van der Waals surface area contributed by atoms with Crippen LogP contribution in [0.2, 0.25) is 0 Å². The number of nitrogens with zero attached hydrogens (tertiary/aromatic N) is 3. The number of hydrogen-bond acceptors (Lipinski definition) is 5. The highest BCUT2D eigenvalue weighted by Gasteiger charge is 2.11. The highest BCUT2D eigenvalue weighted by atomic mass is 35.5. The lowest BCUT2D eigenvalue weighted by atomic mass is 10.4. The van der Waals surface area contributed by atoms with Gasteiger partial charge in [-0.3, -0.25) is 0 Å². The Morgan fingerprint density at radius 2 is 2.18 bits per heavy atom. The third kappa shape index (κ3) is 4.07. The first-order chi connectivity index (χ1) is 8.06. The van der Waals surface area contributed by atoms with Gasteiger partial charge in [-0.25, -0.2) is 4.79 Å². The van der Waals surface area contributed by atoms with Gasteiger partial charge in [-0.2, -0.15) is 9.97 Å². The Labute approximate surface area is 105 Å². The summed E-state index contributed by atoms with van der Waals surface area (Å²) in [5, 5.41) is 0. The van der Waals surface area contributed by atoms with Crippen molar-refractivity contribution in [1.29, 1.82) is 0 Å². The van der Waals surface area contributed by atoms with Crippen molar-refractivity contribution >= 4 is 17.7 Å². The molecule has 1 aromatic rings. The van der Waals surface area contributed by atoms with Gasteiger partial charge in [-0.1, -0.05) is 0 Å². The molecule has 1 aromatic heterocycles. The van der Waals surface area contributed by atoms with Crippen molar-refractivity contribution in [3.05, 3.63) is 11.8 Å². The van der Waals surface area contributed by atoms with Crippen LogP contribution in [0.15, 0.2) is 6.07 Å². The Morgan fingerprint density at radius 1 is 1.47 bits per heavy atom. The zero-order valence-corrected chi connectivity index (χ0v) is 10.7. The minimum atomic E-state index is -0.522. The van der Waals surface area contributed by atoms with Gasteiger partial charge in [0.05, 0.1) is 18.2 Å². The van der Waals surface area contributed by atoms with Crippen molar-refractivity contribution < 1.29 is 14.3 Å². The quantitative estimate of drug-likeness (QED) is 0.770. The minimum absolute atomic E-state index is 0.123. The van der Waals surface area contributed by atoms with Crippen molar-refractivity contribution in [3.8, 4) is 11.9 Å². The fraction of sp³-hybridized carbons (Fsp3) is 0.500. The second-order valence-electron chi connectivity index (χ2n) is 3.31. The lowest BCUT2D eigenvalue weighted by Gasteiger charge is -2.11. The molecule has 0 fully saturated rings. The van der Waals surface area contributed by atoms with E-state index in [0.29, 0.717) is 12.3 Å². The molecule has 1 heterocycles. The molecule has 7 heteroatoms. The Morgan fingerprint density at radius 3 is 2.71 bits per heavy atom. The van der Waals surface area contributed by atoms with Gasteiger partial charge in [-0.05, 0) is 6.92 Å². The predicted octanol–water partition coefficient (Wildman–Crippen LogP) is 1.67. The molecule has 0 saturated heterocycles. The molecule has 0 spiro atoms. The molecule has 0 radical (unpaired) electrons. The van der Waals surface area contributed by atoms with Gasteiger partial charge in [0, 0.05) is 20.2 Å². The van der Waals surface area contributed by atoms with E-state index >= 15 is 0 Å². The van der Waals surface area contributed by atoms with Crippen molar-refractivity contribution in [2.75, 3.05) is 20.7 Å². The molecule has 0 aromatic carbocycles. The monoisotopic (exact) mass is 259 g/mol. The standard InChI is InChI=1S/C10H14ClN3O3/c1-4-16-9-12-7(6-11)5-8(13-9)17-10(15)14(2)3/h5H,4,6H2,1-3H3. The topological polar surface area (TPSA) is 64.6 Å². The van der Waals surface area contributed by atoms with E-state index in [2.05, 4.69) is 9.97 Å². The van der Waals surface area contributed by atoms with Gasteiger partial charge in [-0.15, -0.1) is 11.6 Å². The van der Waals surface area contributed by atoms with Gasteiger partial charge in [0.1, 0.15) is 0 Å².